The van der Waals surface area contributed by atoms with Gasteiger partial charge in [0.05, 0.1) is 26.4 Å². The van der Waals surface area contributed by atoms with E-state index in [1.807, 2.05) is 6.92 Å². The van der Waals surface area contributed by atoms with Crippen LogP contribution in [0, 0.1) is 5.82 Å². The Bertz CT molecular complexity index is 1300. The fourth-order valence-corrected chi connectivity index (χ4v) is 4.14. The van der Waals surface area contributed by atoms with Gasteiger partial charge in [-0.15, -0.1) is 0 Å². The van der Waals surface area contributed by atoms with Crippen LogP contribution in [0.5, 0.6) is 11.5 Å². The van der Waals surface area contributed by atoms with Gasteiger partial charge in [0.1, 0.15) is 22.5 Å². The van der Waals surface area contributed by atoms with E-state index in [9.17, 15) is 19.1 Å². The average Bonchev–Trinajstić information content (AvgIpc) is 2.84. The zero-order valence-electron chi connectivity index (χ0n) is 20.1. The van der Waals surface area contributed by atoms with Crippen molar-refractivity contribution < 1.29 is 28.5 Å². The van der Waals surface area contributed by atoms with Crippen LogP contribution in [-0.2, 0) is 17.7 Å². The van der Waals surface area contributed by atoms with E-state index in [1.54, 1.807) is 32.2 Å². The Balaban J connectivity index is 1.98. The van der Waals surface area contributed by atoms with Gasteiger partial charge in [0.25, 0.3) is 5.56 Å². The number of halogens is 1. The van der Waals surface area contributed by atoms with E-state index in [0.29, 0.717) is 35.4 Å². The van der Waals surface area contributed by atoms with Gasteiger partial charge in [-0.3, -0.25) is 14.3 Å². The lowest BCUT2D eigenvalue weighted by atomic mass is 10.00. The molecule has 186 valence electrons. The van der Waals surface area contributed by atoms with Crippen molar-refractivity contribution in [3.05, 3.63) is 63.3 Å². The Labute approximate surface area is 202 Å². The summed E-state index contributed by atoms with van der Waals surface area (Å²) in [6, 6.07) is 6.07. The Morgan fingerprint density at radius 3 is 2.69 bits per heavy atom. The summed E-state index contributed by atoms with van der Waals surface area (Å²) in [5.74, 6) is -0.690. The third-order valence-electron chi connectivity index (χ3n) is 5.96. The fraction of sp³-hybridized carbons (Fsp3) is 0.423. The highest BCUT2D eigenvalue weighted by Gasteiger charge is 2.38. The van der Waals surface area contributed by atoms with Gasteiger partial charge in [-0.25, -0.2) is 9.18 Å². The predicted molar refractivity (Wildman–Crippen MR) is 128 cm³/mol. The first-order chi connectivity index (χ1) is 16.8. The molecule has 0 bridgehead atoms. The number of aliphatic hydroxyl groups excluding tert-OH is 1. The van der Waals surface area contributed by atoms with Gasteiger partial charge in [0, 0.05) is 18.2 Å². The first-order valence-corrected chi connectivity index (χ1v) is 11.7. The summed E-state index contributed by atoms with van der Waals surface area (Å²) in [5.41, 5.74) is 0.246. The molecule has 3 heterocycles. The van der Waals surface area contributed by atoms with Crippen molar-refractivity contribution in [1.82, 2.24) is 9.55 Å². The highest BCUT2D eigenvalue weighted by Crippen LogP contribution is 2.40. The molecule has 0 amide bonds. The minimum absolute atomic E-state index is 0.00909. The largest absolute Gasteiger partial charge is 0.490 e. The van der Waals surface area contributed by atoms with Crippen LogP contribution < -0.4 is 15.0 Å². The second-order valence-corrected chi connectivity index (χ2v) is 8.84. The molecule has 35 heavy (non-hydrogen) atoms. The molecule has 4 rings (SSSR count). The van der Waals surface area contributed by atoms with Crippen molar-refractivity contribution in [3.63, 3.8) is 0 Å². The molecule has 0 aliphatic carbocycles. The van der Waals surface area contributed by atoms with Crippen LogP contribution in [0.1, 0.15) is 55.1 Å². The van der Waals surface area contributed by atoms with Gasteiger partial charge in [-0.2, -0.15) is 0 Å². The van der Waals surface area contributed by atoms with Crippen LogP contribution in [0.3, 0.4) is 0 Å². The fourth-order valence-electron chi connectivity index (χ4n) is 4.14. The number of hydrogen-bond acceptors (Lipinski definition) is 7. The van der Waals surface area contributed by atoms with Gasteiger partial charge < -0.3 is 19.3 Å². The number of aromatic nitrogens is 2. The van der Waals surface area contributed by atoms with Gasteiger partial charge in [0.2, 0.25) is 0 Å². The molecule has 1 aliphatic heterocycles. The summed E-state index contributed by atoms with van der Waals surface area (Å²) in [6.45, 7) is 5.39. The van der Waals surface area contributed by atoms with E-state index >= 15 is 0 Å². The SMILES string of the molecule is CCCCOc1c(C(=O)OCC)c(=O)n2c3c(c(Cc4ccc(F)cc4)cnc13)O[C@@](C)(CO)C2. The number of nitrogens with zero attached hydrogens (tertiary/aromatic N) is 2. The summed E-state index contributed by atoms with van der Waals surface area (Å²) < 4.78 is 32.2. The minimum atomic E-state index is -1.11. The maximum absolute atomic E-state index is 13.7. The van der Waals surface area contributed by atoms with Crippen LogP contribution in [-0.4, -0.2) is 46.0 Å². The first kappa shape index (κ1) is 24.7. The third-order valence-corrected chi connectivity index (χ3v) is 5.96. The molecule has 0 saturated heterocycles. The molecule has 9 heteroatoms. The summed E-state index contributed by atoms with van der Waals surface area (Å²) >= 11 is 0. The zero-order chi connectivity index (χ0) is 25.2. The monoisotopic (exact) mass is 484 g/mol. The average molecular weight is 485 g/mol. The summed E-state index contributed by atoms with van der Waals surface area (Å²) in [6.07, 6.45) is 3.55. The van der Waals surface area contributed by atoms with Crippen molar-refractivity contribution in [2.24, 2.45) is 0 Å². The maximum Gasteiger partial charge on any atom is 0.347 e. The number of rotatable bonds is 9. The second-order valence-electron chi connectivity index (χ2n) is 8.84. The molecule has 8 nitrogen and oxygen atoms in total. The number of esters is 1. The molecule has 1 N–H and O–H groups in total. The van der Waals surface area contributed by atoms with E-state index < -0.39 is 17.1 Å². The Kier molecular flexibility index (Phi) is 7.07. The molecule has 3 aromatic rings. The lowest BCUT2D eigenvalue weighted by Gasteiger charge is -2.36. The number of ether oxygens (including phenoxy) is 3. The van der Waals surface area contributed by atoms with Crippen molar-refractivity contribution >= 4 is 17.0 Å². The van der Waals surface area contributed by atoms with E-state index in [2.05, 4.69) is 4.98 Å². The van der Waals surface area contributed by atoms with Crippen LogP contribution in [0.15, 0.2) is 35.3 Å². The third kappa shape index (κ3) is 4.73. The van der Waals surface area contributed by atoms with Gasteiger partial charge in [-0.1, -0.05) is 25.5 Å². The number of unbranched alkanes of at least 4 members (excludes halogenated alkanes) is 1. The Morgan fingerprint density at radius 1 is 1.29 bits per heavy atom. The summed E-state index contributed by atoms with van der Waals surface area (Å²) in [7, 11) is 0. The zero-order valence-corrected chi connectivity index (χ0v) is 20.1. The lowest BCUT2D eigenvalue weighted by Crippen LogP contribution is -2.47. The van der Waals surface area contributed by atoms with Crippen molar-refractivity contribution in [3.8, 4) is 11.5 Å². The van der Waals surface area contributed by atoms with E-state index in [4.69, 9.17) is 14.2 Å². The highest BCUT2D eigenvalue weighted by atomic mass is 19.1. The molecule has 2 aromatic heterocycles. The molecule has 0 unspecified atom stereocenters. The molecule has 0 radical (unpaired) electrons. The van der Waals surface area contributed by atoms with E-state index in [0.717, 1.165) is 18.4 Å². The standard InChI is InChI=1S/C26H29FN2O6/c1-4-6-11-34-23-19(25(32)33-5-2)24(31)29-14-26(3,15-30)35-22-17(13-28-20(23)21(22)29)12-16-7-9-18(27)10-8-16/h7-10,13,30H,4-6,11-12,14-15H2,1-3H3/t26-/m1/s1. The molecule has 1 aromatic carbocycles. The number of aliphatic hydroxyl groups is 1. The second kappa shape index (κ2) is 10.0. The topological polar surface area (TPSA) is 99.9 Å². The smallest absolute Gasteiger partial charge is 0.347 e. The first-order valence-electron chi connectivity index (χ1n) is 11.7. The van der Waals surface area contributed by atoms with Crippen molar-refractivity contribution in [2.75, 3.05) is 19.8 Å². The van der Waals surface area contributed by atoms with E-state index in [-0.39, 0.29) is 36.9 Å². The number of benzene rings is 1. The van der Waals surface area contributed by atoms with Gasteiger partial charge >= 0.3 is 5.97 Å². The van der Waals surface area contributed by atoms with Crippen LogP contribution in [0.25, 0.3) is 11.0 Å². The molecular weight excluding hydrogens is 455 g/mol. The number of carbonyl (C=O) groups is 1. The molecule has 1 atom stereocenters. The quantitative estimate of drug-likeness (QED) is 0.366. The van der Waals surface area contributed by atoms with Crippen molar-refractivity contribution in [2.45, 2.75) is 52.2 Å². The Hall–Kier alpha value is -3.46. The molecule has 1 aliphatic rings. The predicted octanol–water partition coefficient (Wildman–Crippen LogP) is 3.63. The maximum atomic E-state index is 13.7. The minimum Gasteiger partial charge on any atom is -0.490 e. The molecule has 0 saturated carbocycles. The molecular formula is C26H29FN2O6. The summed E-state index contributed by atoms with van der Waals surface area (Å²) in [4.78, 5) is 31.1. The molecule has 0 spiro atoms. The van der Waals surface area contributed by atoms with E-state index in [1.165, 1.54) is 16.7 Å². The van der Waals surface area contributed by atoms with Crippen LogP contribution >= 0.6 is 0 Å². The summed E-state index contributed by atoms with van der Waals surface area (Å²) in [5, 5.41) is 10.1. The highest BCUT2D eigenvalue weighted by molar-refractivity contribution is 6.00. The number of hydrogen-bond donors (Lipinski definition) is 1. The normalized spacial score (nSPS) is 16.7. The van der Waals surface area contributed by atoms with Crippen LogP contribution in [0.4, 0.5) is 4.39 Å². The van der Waals surface area contributed by atoms with Gasteiger partial charge in [-0.05, 0) is 38.0 Å². The molecule has 0 fully saturated rings. The Morgan fingerprint density at radius 2 is 2.03 bits per heavy atom. The number of pyridine rings is 2. The van der Waals surface area contributed by atoms with Crippen LogP contribution in [0.2, 0.25) is 0 Å². The number of carbonyl (C=O) groups excluding carboxylic acids is 1. The lowest BCUT2D eigenvalue weighted by molar-refractivity contribution is 0.00338. The van der Waals surface area contributed by atoms with Crippen molar-refractivity contribution in [1.29, 1.82) is 0 Å². The van der Waals surface area contributed by atoms with Gasteiger partial charge in [0.15, 0.2) is 17.1 Å².